The first-order valence-corrected chi connectivity index (χ1v) is 10.6. The van der Waals surface area contributed by atoms with E-state index in [2.05, 4.69) is 9.88 Å². The van der Waals surface area contributed by atoms with Crippen molar-refractivity contribution in [3.63, 3.8) is 0 Å². The number of aromatic nitrogens is 1. The van der Waals surface area contributed by atoms with Crippen LogP contribution in [0, 0.1) is 6.92 Å². The van der Waals surface area contributed by atoms with Crippen LogP contribution in [0.15, 0.2) is 54.4 Å². The van der Waals surface area contributed by atoms with Gasteiger partial charge in [-0.2, -0.15) is 0 Å². The molecule has 0 fully saturated rings. The molecule has 7 heteroatoms. The van der Waals surface area contributed by atoms with Crippen LogP contribution in [0.3, 0.4) is 0 Å². The number of benzene rings is 2. The van der Waals surface area contributed by atoms with Crippen molar-refractivity contribution in [3.8, 4) is 11.5 Å². The maximum absolute atomic E-state index is 13.0. The Labute approximate surface area is 189 Å². The molecule has 1 aromatic heterocycles. The zero-order valence-electron chi connectivity index (χ0n) is 16.7. The molecule has 5 nitrogen and oxygen atoms in total. The van der Waals surface area contributed by atoms with Gasteiger partial charge in [0.1, 0.15) is 18.2 Å². The molecule has 5 rings (SSSR count). The summed E-state index contributed by atoms with van der Waals surface area (Å²) in [5, 5.41) is 1.23. The summed E-state index contributed by atoms with van der Waals surface area (Å²) in [4.78, 5) is 19.3. The van der Waals surface area contributed by atoms with Gasteiger partial charge < -0.3 is 9.47 Å². The summed E-state index contributed by atoms with van der Waals surface area (Å²) in [6.45, 7) is 3.58. The molecular formula is C24H18Cl2N2O3. The summed E-state index contributed by atoms with van der Waals surface area (Å²) in [7, 11) is 0. The highest BCUT2D eigenvalue weighted by Crippen LogP contribution is 2.43. The highest BCUT2D eigenvalue weighted by molar-refractivity contribution is 6.35. The van der Waals surface area contributed by atoms with Crippen LogP contribution >= 0.6 is 23.2 Å². The molecule has 0 saturated heterocycles. The Balaban J connectivity index is 1.42. The number of carbonyl (C=O) groups is 1. The summed E-state index contributed by atoms with van der Waals surface area (Å²) in [6, 6.07) is 12.9. The van der Waals surface area contributed by atoms with E-state index in [0.29, 0.717) is 46.9 Å². The molecular weight excluding hydrogens is 435 g/mol. The third kappa shape index (κ3) is 3.81. The van der Waals surface area contributed by atoms with E-state index in [1.165, 1.54) is 0 Å². The molecule has 156 valence electrons. The lowest BCUT2D eigenvalue weighted by atomic mass is 10.00. The number of allylic oxidation sites excluding steroid dienone is 1. The Morgan fingerprint density at radius 3 is 2.81 bits per heavy atom. The van der Waals surface area contributed by atoms with Crippen LogP contribution in [0.4, 0.5) is 0 Å². The van der Waals surface area contributed by atoms with Gasteiger partial charge in [-0.25, -0.2) is 0 Å². The van der Waals surface area contributed by atoms with E-state index in [1.807, 2.05) is 43.3 Å². The first-order valence-electron chi connectivity index (χ1n) is 9.80. The van der Waals surface area contributed by atoms with E-state index in [1.54, 1.807) is 18.3 Å². The standard InChI is InChI=1S/C24H18Cl2N2O3/c1-14-23-16(12-28(13-30-23)11-15-5-6-17(25)9-20(15)26)8-19-22(29)21(31-24(14)19)10-18-4-2-3-7-27-18/h2-10H,11-13H2,1H3/b21-10-. The number of halogens is 2. The molecule has 0 saturated carbocycles. The van der Waals surface area contributed by atoms with E-state index in [-0.39, 0.29) is 11.5 Å². The van der Waals surface area contributed by atoms with Crippen LogP contribution < -0.4 is 9.47 Å². The summed E-state index contributed by atoms with van der Waals surface area (Å²) in [5.74, 6) is 1.44. The number of nitrogens with zero attached hydrogens (tertiary/aromatic N) is 2. The zero-order chi connectivity index (χ0) is 21.5. The molecule has 3 heterocycles. The summed E-state index contributed by atoms with van der Waals surface area (Å²) in [5.41, 5.74) is 3.96. The molecule has 0 N–H and O–H groups in total. The topological polar surface area (TPSA) is 51.7 Å². The molecule has 0 amide bonds. The Kier molecular flexibility index (Phi) is 5.18. The predicted octanol–water partition coefficient (Wildman–Crippen LogP) is 5.67. The van der Waals surface area contributed by atoms with E-state index >= 15 is 0 Å². The Morgan fingerprint density at radius 1 is 1.16 bits per heavy atom. The second-order valence-electron chi connectivity index (χ2n) is 7.56. The molecule has 0 bridgehead atoms. The van der Waals surface area contributed by atoms with Crippen LogP contribution in [-0.4, -0.2) is 22.4 Å². The molecule has 0 aliphatic carbocycles. The minimum Gasteiger partial charge on any atom is -0.477 e. The lowest BCUT2D eigenvalue weighted by Crippen LogP contribution is -2.32. The van der Waals surface area contributed by atoms with Gasteiger partial charge in [0, 0.05) is 46.5 Å². The number of pyridine rings is 1. The van der Waals surface area contributed by atoms with Crippen LogP contribution in [0.2, 0.25) is 10.0 Å². The van der Waals surface area contributed by atoms with E-state index in [0.717, 1.165) is 22.4 Å². The quantitative estimate of drug-likeness (QED) is 0.479. The Morgan fingerprint density at radius 2 is 2.03 bits per heavy atom. The van der Waals surface area contributed by atoms with Gasteiger partial charge in [-0.15, -0.1) is 0 Å². The molecule has 0 radical (unpaired) electrons. The van der Waals surface area contributed by atoms with Crippen molar-refractivity contribution in [2.45, 2.75) is 20.0 Å². The fourth-order valence-electron chi connectivity index (χ4n) is 3.88. The molecule has 0 unspecified atom stereocenters. The maximum atomic E-state index is 13.0. The zero-order valence-corrected chi connectivity index (χ0v) is 18.2. The highest BCUT2D eigenvalue weighted by atomic mass is 35.5. The summed E-state index contributed by atoms with van der Waals surface area (Å²) >= 11 is 12.3. The van der Waals surface area contributed by atoms with Crippen molar-refractivity contribution < 1.29 is 14.3 Å². The normalized spacial score (nSPS) is 16.6. The van der Waals surface area contributed by atoms with Crippen LogP contribution in [0.5, 0.6) is 11.5 Å². The number of rotatable bonds is 3. The van der Waals surface area contributed by atoms with Gasteiger partial charge in [-0.05, 0) is 42.8 Å². The maximum Gasteiger partial charge on any atom is 0.232 e. The number of hydrogen-bond acceptors (Lipinski definition) is 5. The average Bonchev–Trinajstić information content (AvgIpc) is 3.07. The minimum absolute atomic E-state index is 0.149. The monoisotopic (exact) mass is 452 g/mol. The van der Waals surface area contributed by atoms with Crippen LogP contribution in [0.1, 0.15) is 32.7 Å². The lowest BCUT2D eigenvalue weighted by Gasteiger charge is -2.30. The Hall–Kier alpha value is -2.86. The van der Waals surface area contributed by atoms with Gasteiger partial charge >= 0.3 is 0 Å². The van der Waals surface area contributed by atoms with E-state index in [9.17, 15) is 4.79 Å². The van der Waals surface area contributed by atoms with Gasteiger partial charge in [-0.1, -0.05) is 35.3 Å². The molecule has 0 spiro atoms. The fraction of sp³-hybridized carbons (Fsp3) is 0.167. The first-order chi connectivity index (χ1) is 15.0. The van der Waals surface area contributed by atoms with Gasteiger partial charge in [0.05, 0.1) is 11.3 Å². The number of ketones is 1. The molecule has 2 aliphatic rings. The number of Topliss-reactive ketones (excluding diaryl/α,β-unsaturated/α-hetero) is 1. The third-order valence-electron chi connectivity index (χ3n) is 5.38. The predicted molar refractivity (Wildman–Crippen MR) is 120 cm³/mol. The van der Waals surface area contributed by atoms with Gasteiger partial charge in [0.25, 0.3) is 0 Å². The summed E-state index contributed by atoms with van der Waals surface area (Å²) in [6.07, 6.45) is 3.34. The SMILES string of the molecule is Cc1c2c(cc3c1O/C(=C\c1ccccn1)C3=O)CN(Cc1ccc(Cl)cc1Cl)CO2. The fourth-order valence-corrected chi connectivity index (χ4v) is 4.35. The van der Waals surface area contributed by atoms with Crippen LogP contribution in [0.25, 0.3) is 6.08 Å². The van der Waals surface area contributed by atoms with Crippen molar-refractivity contribution in [1.82, 2.24) is 9.88 Å². The van der Waals surface area contributed by atoms with Gasteiger partial charge in [-0.3, -0.25) is 14.7 Å². The van der Waals surface area contributed by atoms with E-state index < -0.39 is 0 Å². The second-order valence-corrected chi connectivity index (χ2v) is 8.40. The third-order valence-corrected chi connectivity index (χ3v) is 5.96. The van der Waals surface area contributed by atoms with Gasteiger partial charge in [0.15, 0.2) is 5.76 Å². The lowest BCUT2D eigenvalue weighted by molar-refractivity contribution is 0.0877. The largest absolute Gasteiger partial charge is 0.477 e. The van der Waals surface area contributed by atoms with Crippen molar-refractivity contribution in [2.24, 2.45) is 0 Å². The molecule has 2 aromatic carbocycles. The minimum atomic E-state index is -0.149. The molecule has 0 atom stereocenters. The first kappa shape index (κ1) is 20.1. The number of ether oxygens (including phenoxy) is 2. The smallest absolute Gasteiger partial charge is 0.232 e. The average molecular weight is 453 g/mol. The van der Waals surface area contributed by atoms with Crippen molar-refractivity contribution in [3.05, 3.63) is 92.4 Å². The van der Waals surface area contributed by atoms with E-state index in [4.69, 9.17) is 32.7 Å². The molecule has 2 aliphatic heterocycles. The molecule has 31 heavy (non-hydrogen) atoms. The number of hydrogen-bond donors (Lipinski definition) is 0. The summed E-state index contributed by atoms with van der Waals surface area (Å²) < 4.78 is 12.0. The number of carbonyl (C=O) groups excluding carboxylic acids is 1. The highest BCUT2D eigenvalue weighted by Gasteiger charge is 2.33. The van der Waals surface area contributed by atoms with Crippen molar-refractivity contribution in [1.29, 1.82) is 0 Å². The Bertz CT molecular complexity index is 1230. The molecule has 3 aromatic rings. The second kappa shape index (κ2) is 8.00. The van der Waals surface area contributed by atoms with Crippen LogP contribution in [-0.2, 0) is 13.1 Å². The van der Waals surface area contributed by atoms with Gasteiger partial charge in [0.2, 0.25) is 5.78 Å². The van der Waals surface area contributed by atoms with Crippen molar-refractivity contribution >= 4 is 35.1 Å². The number of fused-ring (bicyclic) bond motifs is 2. The van der Waals surface area contributed by atoms with Crippen molar-refractivity contribution in [2.75, 3.05) is 6.73 Å².